The van der Waals surface area contributed by atoms with Crippen LogP contribution in [0, 0.1) is 5.82 Å². The number of piperidine rings is 1. The lowest BCUT2D eigenvalue weighted by Gasteiger charge is -2.32. The molecule has 1 heterocycles. The van der Waals surface area contributed by atoms with Crippen molar-refractivity contribution in [3.05, 3.63) is 35.6 Å². The molecular formula is C12H15FNO2S-. The maximum atomic E-state index is 12.8. The molecule has 0 radical (unpaired) electrons. The Hall–Kier alpha value is -0.780. The largest absolute Gasteiger partial charge is 0.771 e. The molecular weight excluding hydrogens is 241 g/mol. The van der Waals surface area contributed by atoms with E-state index in [0.717, 1.165) is 31.5 Å². The predicted octanol–water partition coefficient (Wildman–Crippen LogP) is 1.84. The van der Waals surface area contributed by atoms with Gasteiger partial charge in [0.1, 0.15) is 5.82 Å². The number of halogens is 1. The van der Waals surface area contributed by atoms with Crippen molar-refractivity contribution in [1.82, 2.24) is 4.90 Å². The minimum Gasteiger partial charge on any atom is -0.771 e. The Morgan fingerprint density at radius 1 is 1.29 bits per heavy atom. The molecule has 1 aliphatic heterocycles. The topological polar surface area (TPSA) is 43.4 Å². The number of hydrogen-bond acceptors (Lipinski definition) is 3. The van der Waals surface area contributed by atoms with Crippen molar-refractivity contribution in [2.24, 2.45) is 0 Å². The molecule has 0 aromatic heterocycles. The minimum atomic E-state index is -2.00. The van der Waals surface area contributed by atoms with Crippen LogP contribution in [-0.2, 0) is 11.1 Å². The Morgan fingerprint density at radius 3 is 2.41 bits per heavy atom. The van der Waals surface area contributed by atoms with Gasteiger partial charge in [-0.3, -0.25) is 9.11 Å². The molecule has 1 saturated heterocycles. The number of hydrogen-bond donors (Lipinski definition) is 0. The molecule has 1 aromatic carbocycles. The first-order valence-corrected chi connectivity index (χ1v) is 6.93. The quantitative estimate of drug-likeness (QED) is 0.775. The van der Waals surface area contributed by atoms with E-state index in [1.165, 1.54) is 12.1 Å². The second kappa shape index (κ2) is 5.71. The lowest BCUT2D eigenvalue weighted by atomic mass is 9.90. The SMILES string of the molecule is O=S([O-])CN1CCC(c2ccc(F)cc2)CC1. The first-order valence-electron chi connectivity index (χ1n) is 5.69. The predicted molar refractivity (Wildman–Crippen MR) is 63.7 cm³/mol. The van der Waals surface area contributed by atoms with Crippen LogP contribution in [0.25, 0.3) is 0 Å². The summed E-state index contributed by atoms with van der Waals surface area (Å²) in [6.07, 6.45) is 1.87. The van der Waals surface area contributed by atoms with Gasteiger partial charge >= 0.3 is 0 Å². The summed E-state index contributed by atoms with van der Waals surface area (Å²) in [6, 6.07) is 6.60. The van der Waals surface area contributed by atoms with Crippen LogP contribution in [0.5, 0.6) is 0 Å². The fourth-order valence-corrected chi connectivity index (χ4v) is 2.84. The molecule has 94 valence electrons. The summed E-state index contributed by atoms with van der Waals surface area (Å²) >= 11 is -2.00. The first kappa shape index (κ1) is 12.7. The molecule has 0 amide bonds. The van der Waals surface area contributed by atoms with Gasteiger partial charge in [0.15, 0.2) is 0 Å². The summed E-state index contributed by atoms with van der Waals surface area (Å²) in [5.41, 5.74) is 1.15. The van der Waals surface area contributed by atoms with Crippen LogP contribution in [0.4, 0.5) is 4.39 Å². The van der Waals surface area contributed by atoms with Crippen LogP contribution >= 0.6 is 0 Å². The zero-order chi connectivity index (χ0) is 12.3. The first-order chi connectivity index (χ1) is 8.15. The average molecular weight is 256 g/mol. The smallest absolute Gasteiger partial charge is 0.123 e. The lowest BCUT2D eigenvalue weighted by molar-refractivity contribution is 0.239. The Morgan fingerprint density at radius 2 is 1.88 bits per heavy atom. The van der Waals surface area contributed by atoms with Crippen LogP contribution in [0.2, 0.25) is 0 Å². The molecule has 3 nitrogen and oxygen atoms in total. The molecule has 1 aromatic rings. The van der Waals surface area contributed by atoms with E-state index < -0.39 is 11.1 Å². The molecule has 1 atom stereocenters. The number of nitrogens with zero attached hydrogens (tertiary/aromatic N) is 1. The number of likely N-dealkylation sites (tertiary alicyclic amines) is 1. The fraction of sp³-hybridized carbons (Fsp3) is 0.500. The third-order valence-corrected chi connectivity index (χ3v) is 3.79. The summed E-state index contributed by atoms with van der Waals surface area (Å²) in [6.45, 7) is 1.58. The molecule has 0 bridgehead atoms. The van der Waals surface area contributed by atoms with Crippen LogP contribution in [-0.4, -0.2) is 32.6 Å². The molecule has 0 saturated carbocycles. The Kier molecular flexibility index (Phi) is 4.25. The third-order valence-electron chi connectivity index (χ3n) is 3.22. The summed E-state index contributed by atoms with van der Waals surface area (Å²) in [5.74, 6) is 0.329. The molecule has 0 aliphatic carbocycles. The molecule has 1 aliphatic rings. The van der Waals surface area contributed by atoms with Gasteiger partial charge in [-0.2, -0.15) is 0 Å². The highest BCUT2D eigenvalue weighted by molar-refractivity contribution is 7.79. The Balaban J connectivity index is 1.90. The van der Waals surface area contributed by atoms with Crippen molar-refractivity contribution >= 4 is 11.1 Å². The Labute approximate surface area is 103 Å². The zero-order valence-electron chi connectivity index (χ0n) is 9.47. The van der Waals surface area contributed by atoms with Crippen molar-refractivity contribution in [2.45, 2.75) is 18.8 Å². The van der Waals surface area contributed by atoms with Crippen molar-refractivity contribution in [2.75, 3.05) is 19.0 Å². The van der Waals surface area contributed by atoms with Crippen molar-refractivity contribution in [1.29, 1.82) is 0 Å². The van der Waals surface area contributed by atoms with Crippen LogP contribution in [0.15, 0.2) is 24.3 Å². The minimum absolute atomic E-state index is 0.121. The highest BCUT2D eigenvalue weighted by Crippen LogP contribution is 2.27. The van der Waals surface area contributed by atoms with Crippen LogP contribution < -0.4 is 0 Å². The molecule has 1 unspecified atom stereocenters. The molecule has 0 N–H and O–H groups in total. The van der Waals surface area contributed by atoms with Crippen molar-refractivity contribution < 1.29 is 13.2 Å². The monoisotopic (exact) mass is 256 g/mol. The van der Waals surface area contributed by atoms with Gasteiger partial charge < -0.3 is 4.55 Å². The van der Waals surface area contributed by atoms with E-state index in [9.17, 15) is 13.2 Å². The average Bonchev–Trinajstić information content (AvgIpc) is 2.30. The van der Waals surface area contributed by atoms with Gasteiger partial charge in [-0.1, -0.05) is 12.1 Å². The molecule has 2 rings (SSSR count). The lowest BCUT2D eigenvalue weighted by Crippen LogP contribution is -2.35. The van der Waals surface area contributed by atoms with E-state index >= 15 is 0 Å². The highest BCUT2D eigenvalue weighted by atomic mass is 32.2. The Bertz CT molecular complexity index is 388. The molecule has 17 heavy (non-hydrogen) atoms. The number of benzene rings is 1. The summed E-state index contributed by atoms with van der Waals surface area (Å²) in [5, 5.41) is 0. The maximum absolute atomic E-state index is 12.8. The fourth-order valence-electron chi connectivity index (χ4n) is 2.28. The van der Waals surface area contributed by atoms with Gasteiger partial charge in [0, 0.05) is 0 Å². The molecule has 1 fully saturated rings. The summed E-state index contributed by atoms with van der Waals surface area (Å²) < 4.78 is 33.9. The van der Waals surface area contributed by atoms with Gasteiger partial charge in [0.25, 0.3) is 0 Å². The van der Waals surface area contributed by atoms with Crippen LogP contribution in [0.1, 0.15) is 24.3 Å². The second-order valence-corrected chi connectivity index (χ2v) is 5.24. The standard InChI is InChI=1S/C12H16FNO2S/c13-12-3-1-10(2-4-12)11-5-7-14(8-6-11)9-17(15)16/h1-4,11H,5-9H2,(H,15,16)/p-1. The van der Waals surface area contributed by atoms with E-state index in [4.69, 9.17) is 0 Å². The summed E-state index contributed by atoms with van der Waals surface area (Å²) in [4.78, 5) is 1.93. The third kappa shape index (κ3) is 3.59. The normalized spacial score (nSPS) is 20.4. The molecule has 5 heteroatoms. The second-order valence-electron chi connectivity index (χ2n) is 4.38. The van der Waals surface area contributed by atoms with Gasteiger partial charge in [-0.15, -0.1) is 0 Å². The van der Waals surface area contributed by atoms with Crippen molar-refractivity contribution in [3.63, 3.8) is 0 Å². The maximum Gasteiger partial charge on any atom is 0.123 e. The van der Waals surface area contributed by atoms with E-state index in [1.807, 2.05) is 17.0 Å². The van der Waals surface area contributed by atoms with E-state index in [2.05, 4.69) is 0 Å². The highest BCUT2D eigenvalue weighted by Gasteiger charge is 2.20. The van der Waals surface area contributed by atoms with Gasteiger partial charge in [0.05, 0.1) is 5.88 Å². The van der Waals surface area contributed by atoms with Gasteiger partial charge in [-0.05, 0) is 60.6 Å². The van der Waals surface area contributed by atoms with Crippen LogP contribution in [0.3, 0.4) is 0 Å². The zero-order valence-corrected chi connectivity index (χ0v) is 10.3. The van der Waals surface area contributed by atoms with Gasteiger partial charge in [0.2, 0.25) is 0 Å². The molecule has 0 spiro atoms. The van der Waals surface area contributed by atoms with E-state index in [0.29, 0.717) is 5.92 Å². The number of rotatable bonds is 3. The van der Waals surface area contributed by atoms with Crippen molar-refractivity contribution in [3.8, 4) is 0 Å². The van der Waals surface area contributed by atoms with E-state index in [1.54, 1.807) is 0 Å². The van der Waals surface area contributed by atoms with Gasteiger partial charge in [-0.25, -0.2) is 4.39 Å². The van der Waals surface area contributed by atoms with E-state index in [-0.39, 0.29) is 11.7 Å². The summed E-state index contributed by atoms with van der Waals surface area (Å²) in [7, 11) is 0.